The Kier molecular flexibility index (Phi) is 7.05. The molecule has 1 fully saturated rings. The summed E-state index contributed by atoms with van der Waals surface area (Å²) < 4.78 is 2.22. The fourth-order valence-electron chi connectivity index (χ4n) is 3.73. The Morgan fingerprint density at radius 2 is 2.08 bits per heavy atom. The van der Waals surface area contributed by atoms with Crippen molar-refractivity contribution in [2.24, 2.45) is 11.8 Å². The van der Waals surface area contributed by atoms with E-state index in [-0.39, 0.29) is 18.0 Å². The van der Waals surface area contributed by atoms with Crippen molar-refractivity contribution in [1.82, 2.24) is 9.88 Å². The van der Waals surface area contributed by atoms with E-state index in [1.54, 1.807) is 6.08 Å². The zero-order valence-corrected chi connectivity index (χ0v) is 16.4. The minimum absolute atomic E-state index is 0.0772. The van der Waals surface area contributed by atoms with E-state index in [1.807, 2.05) is 26.0 Å². The first-order valence-corrected chi connectivity index (χ1v) is 9.58. The molecule has 1 atom stereocenters. The average Bonchev–Trinajstić information content (AvgIpc) is 3.21. The highest BCUT2D eigenvalue weighted by Gasteiger charge is 2.24. The Balaban J connectivity index is 2.07. The molecule has 5 heteroatoms. The zero-order chi connectivity index (χ0) is 19.3. The van der Waals surface area contributed by atoms with Crippen LogP contribution in [-0.4, -0.2) is 28.2 Å². The third kappa shape index (κ3) is 4.98. The van der Waals surface area contributed by atoms with Crippen LogP contribution in [0.15, 0.2) is 11.6 Å². The molecular formula is C21H31N3O2. The molecule has 0 saturated heterocycles. The predicted molar refractivity (Wildman–Crippen MR) is 103 cm³/mol. The molecule has 5 nitrogen and oxygen atoms in total. The van der Waals surface area contributed by atoms with Crippen molar-refractivity contribution in [2.45, 2.75) is 66.0 Å². The number of rotatable bonds is 7. The molecule has 26 heavy (non-hydrogen) atoms. The van der Waals surface area contributed by atoms with E-state index in [4.69, 9.17) is 0 Å². The summed E-state index contributed by atoms with van der Waals surface area (Å²) in [5, 5.41) is 22.3. The fourth-order valence-corrected chi connectivity index (χ4v) is 3.73. The van der Waals surface area contributed by atoms with Gasteiger partial charge in [-0.15, -0.1) is 0 Å². The SMILES string of the molecule is Cc1cc(/C=C(/C#N)C(=O)NCC(O)C2CCCC2)c(C)n1CC(C)C. The topological polar surface area (TPSA) is 78.1 Å². The molecule has 1 aliphatic carbocycles. The number of carbonyl (C=O) groups is 1. The molecule has 1 aromatic rings. The summed E-state index contributed by atoms with van der Waals surface area (Å²) in [5.41, 5.74) is 3.15. The minimum atomic E-state index is -0.530. The van der Waals surface area contributed by atoms with Gasteiger partial charge in [0.2, 0.25) is 0 Å². The van der Waals surface area contributed by atoms with Crippen molar-refractivity contribution in [3.8, 4) is 6.07 Å². The Morgan fingerprint density at radius 3 is 2.65 bits per heavy atom. The number of nitriles is 1. The lowest BCUT2D eigenvalue weighted by Crippen LogP contribution is -2.36. The van der Waals surface area contributed by atoms with Crippen molar-refractivity contribution in [2.75, 3.05) is 6.54 Å². The van der Waals surface area contributed by atoms with Gasteiger partial charge in [-0.3, -0.25) is 4.79 Å². The smallest absolute Gasteiger partial charge is 0.262 e. The van der Waals surface area contributed by atoms with E-state index in [9.17, 15) is 15.2 Å². The number of nitrogens with one attached hydrogen (secondary N) is 1. The van der Waals surface area contributed by atoms with Crippen LogP contribution >= 0.6 is 0 Å². The Morgan fingerprint density at radius 1 is 1.42 bits per heavy atom. The van der Waals surface area contributed by atoms with Gasteiger partial charge in [0, 0.05) is 24.5 Å². The van der Waals surface area contributed by atoms with E-state index in [0.29, 0.717) is 5.92 Å². The van der Waals surface area contributed by atoms with Crippen molar-refractivity contribution in [3.05, 3.63) is 28.6 Å². The second-order valence-corrected chi connectivity index (χ2v) is 7.82. The molecule has 1 amide bonds. The molecular weight excluding hydrogens is 326 g/mol. The second kappa shape index (κ2) is 9.05. The van der Waals surface area contributed by atoms with E-state index in [2.05, 4.69) is 23.7 Å². The zero-order valence-electron chi connectivity index (χ0n) is 16.4. The van der Waals surface area contributed by atoms with Crippen LogP contribution in [0.25, 0.3) is 6.08 Å². The first-order valence-electron chi connectivity index (χ1n) is 9.58. The standard InChI is InChI=1S/C21H31N3O2/c1-14(2)13-24-15(3)9-18(16(24)4)10-19(11-22)21(26)23-12-20(25)17-7-5-6-8-17/h9-10,14,17,20,25H,5-8,12-13H2,1-4H3,(H,23,26)/b19-10-. The number of aromatic nitrogens is 1. The van der Waals surface area contributed by atoms with Gasteiger partial charge in [0.15, 0.2) is 0 Å². The number of hydrogen-bond acceptors (Lipinski definition) is 3. The molecule has 1 aromatic heterocycles. The maximum Gasteiger partial charge on any atom is 0.262 e. The molecule has 1 aliphatic rings. The number of amides is 1. The average molecular weight is 357 g/mol. The highest BCUT2D eigenvalue weighted by atomic mass is 16.3. The van der Waals surface area contributed by atoms with E-state index >= 15 is 0 Å². The van der Waals surface area contributed by atoms with Gasteiger partial charge in [0.1, 0.15) is 11.6 Å². The number of aliphatic hydroxyl groups excluding tert-OH is 1. The Hall–Kier alpha value is -2.06. The molecule has 1 saturated carbocycles. The van der Waals surface area contributed by atoms with Crippen LogP contribution in [-0.2, 0) is 11.3 Å². The number of carbonyl (C=O) groups excluding carboxylic acids is 1. The third-order valence-electron chi connectivity index (χ3n) is 5.24. The minimum Gasteiger partial charge on any atom is -0.391 e. The monoisotopic (exact) mass is 357 g/mol. The molecule has 0 spiro atoms. The quantitative estimate of drug-likeness (QED) is 0.580. The number of aliphatic hydroxyl groups is 1. The van der Waals surface area contributed by atoms with Crippen molar-refractivity contribution in [3.63, 3.8) is 0 Å². The number of nitrogens with zero attached hydrogens (tertiary/aromatic N) is 2. The van der Waals surface area contributed by atoms with E-state index in [0.717, 1.165) is 49.2 Å². The summed E-state index contributed by atoms with van der Waals surface area (Å²) in [7, 11) is 0. The predicted octanol–water partition coefficient (Wildman–Crippen LogP) is 3.34. The first-order chi connectivity index (χ1) is 12.3. The molecule has 1 heterocycles. The second-order valence-electron chi connectivity index (χ2n) is 7.82. The van der Waals surface area contributed by atoms with Crippen molar-refractivity contribution in [1.29, 1.82) is 5.26 Å². The van der Waals surface area contributed by atoms with Crippen LogP contribution < -0.4 is 5.32 Å². The molecule has 0 bridgehead atoms. The van der Waals surface area contributed by atoms with E-state index in [1.165, 1.54) is 0 Å². The molecule has 2 N–H and O–H groups in total. The first kappa shape index (κ1) is 20.3. The van der Waals surface area contributed by atoms with Gasteiger partial charge in [-0.1, -0.05) is 26.7 Å². The summed E-state index contributed by atoms with van der Waals surface area (Å²) in [6.45, 7) is 9.49. The molecule has 142 valence electrons. The van der Waals surface area contributed by atoms with Crippen LogP contribution in [0.1, 0.15) is 56.5 Å². The summed E-state index contributed by atoms with van der Waals surface area (Å²) in [5.74, 6) is 0.366. The number of hydrogen-bond donors (Lipinski definition) is 2. The lowest BCUT2D eigenvalue weighted by atomic mass is 10.0. The molecule has 0 radical (unpaired) electrons. The van der Waals surface area contributed by atoms with Gasteiger partial charge in [0.05, 0.1) is 6.10 Å². The van der Waals surface area contributed by atoms with Crippen LogP contribution in [0.2, 0.25) is 0 Å². The normalized spacial score (nSPS) is 16.7. The van der Waals surface area contributed by atoms with E-state index < -0.39 is 12.0 Å². The van der Waals surface area contributed by atoms with Crippen LogP contribution in [0.3, 0.4) is 0 Å². The number of aryl methyl sites for hydroxylation is 1. The third-order valence-corrected chi connectivity index (χ3v) is 5.24. The summed E-state index contributed by atoms with van der Waals surface area (Å²) in [6, 6.07) is 4.01. The maximum atomic E-state index is 12.4. The summed E-state index contributed by atoms with van der Waals surface area (Å²) in [4.78, 5) is 12.4. The Labute approximate surface area is 156 Å². The van der Waals surface area contributed by atoms with Crippen molar-refractivity contribution < 1.29 is 9.90 Å². The largest absolute Gasteiger partial charge is 0.391 e. The van der Waals surface area contributed by atoms with Gasteiger partial charge in [0.25, 0.3) is 5.91 Å². The summed E-state index contributed by atoms with van der Waals surface area (Å²) in [6.07, 6.45) is 5.43. The lowest BCUT2D eigenvalue weighted by molar-refractivity contribution is -0.117. The van der Waals surface area contributed by atoms with Gasteiger partial charge < -0.3 is 15.0 Å². The van der Waals surface area contributed by atoms with Gasteiger partial charge >= 0.3 is 0 Å². The van der Waals surface area contributed by atoms with Crippen molar-refractivity contribution >= 4 is 12.0 Å². The maximum absolute atomic E-state index is 12.4. The highest BCUT2D eigenvalue weighted by molar-refractivity contribution is 6.01. The molecule has 0 aliphatic heterocycles. The van der Waals surface area contributed by atoms with Crippen LogP contribution in [0.4, 0.5) is 0 Å². The van der Waals surface area contributed by atoms with Crippen LogP contribution in [0, 0.1) is 37.0 Å². The molecule has 2 rings (SSSR count). The highest BCUT2D eigenvalue weighted by Crippen LogP contribution is 2.27. The van der Waals surface area contributed by atoms with Gasteiger partial charge in [-0.25, -0.2) is 0 Å². The molecule has 1 unspecified atom stereocenters. The van der Waals surface area contributed by atoms with Crippen LogP contribution in [0.5, 0.6) is 0 Å². The van der Waals surface area contributed by atoms with Gasteiger partial charge in [-0.05, 0) is 56.2 Å². The molecule has 0 aromatic carbocycles. The lowest BCUT2D eigenvalue weighted by Gasteiger charge is -2.17. The fraction of sp³-hybridized carbons (Fsp3) is 0.619. The van der Waals surface area contributed by atoms with Gasteiger partial charge in [-0.2, -0.15) is 5.26 Å². The summed E-state index contributed by atoms with van der Waals surface area (Å²) >= 11 is 0. The Bertz CT molecular complexity index is 704.